The van der Waals surface area contributed by atoms with Gasteiger partial charge in [-0.2, -0.15) is 5.26 Å². The van der Waals surface area contributed by atoms with Gasteiger partial charge in [-0.05, 0) is 26.2 Å². The molecule has 0 N–H and O–H groups in total. The van der Waals surface area contributed by atoms with E-state index >= 15 is 0 Å². The van der Waals surface area contributed by atoms with Crippen LogP contribution in [-0.4, -0.2) is 25.8 Å². The number of rotatable bonds is 9. The second-order valence-electron chi connectivity index (χ2n) is 3.50. The normalized spacial score (nSPS) is 9.50. The third-order valence-electron chi connectivity index (χ3n) is 1.87. The van der Waals surface area contributed by atoms with Crippen molar-refractivity contribution in [2.24, 2.45) is 0 Å². The van der Waals surface area contributed by atoms with E-state index in [9.17, 15) is 4.79 Å². The molecular weight excluding hydrogens is 206 g/mol. The van der Waals surface area contributed by atoms with Crippen LogP contribution in [0.25, 0.3) is 0 Å². The van der Waals surface area contributed by atoms with E-state index in [2.05, 4.69) is 6.58 Å². The number of hydrogen-bond acceptors (Lipinski definition) is 4. The Morgan fingerprint density at radius 3 is 2.56 bits per heavy atom. The molecule has 16 heavy (non-hydrogen) atoms. The zero-order chi connectivity index (χ0) is 12.2. The van der Waals surface area contributed by atoms with Gasteiger partial charge >= 0.3 is 5.97 Å². The number of carbonyl (C=O) groups is 1. The molecular formula is C12H19NO3. The van der Waals surface area contributed by atoms with Crippen LogP contribution >= 0.6 is 0 Å². The molecule has 4 heteroatoms. The maximum atomic E-state index is 11.0. The van der Waals surface area contributed by atoms with E-state index in [1.165, 1.54) is 0 Å². The predicted octanol–water partition coefficient (Wildman–Crippen LogP) is 2.21. The summed E-state index contributed by atoms with van der Waals surface area (Å²) in [4.78, 5) is 11.0. The molecule has 0 saturated heterocycles. The van der Waals surface area contributed by atoms with Gasteiger partial charge in [0.1, 0.15) is 0 Å². The van der Waals surface area contributed by atoms with Crippen molar-refractivity contribution in [2.45, 2.75) is 32.6 Å². The summed E-state index contributed by atoms with van der Waals surface area (Å²) in [5, 5.41) is 8.25. The lowest BCUT2D eigenvalue weighted by Crippen LogP contribution is -2.06. The molecule has 0 fully saturated rings. The number of unbranched alkanes of at least 4 members (excludes halogenated alkanes) is 2. The molecule has 0 aromatic carbocycles. The van der Waals surface area contributed by atoms with Crippen LogP contribution in [0.3, 0.4) is 0 Å². The molecule has 0 amide bonds. The highest BCUT2D eigenvalue weighted by Gasteiger charge is 2.01. The summed E-state index contributed by atoms with van der Waals surface area (Å²) in [6, 6.07) is 2.01. The van der Waals surface area contributed by atoms with Crippen LogP contribution < -0.4 is 0 Å². The fraction of sp³-hybridized carbons (Fsp3) is 0.667. The summed E-state index contributed by atoms with van der Waals surface area (Å²) < 4.78 is 10.1. The van der Waals surface area contributed by atoms with Crippen LogP contribution in [0, 0.1) is 11.3 Å². The van der Waals surface area contributed by atoms with Crippen LogP contribution in [-0.2, 0) is 14.3 Å². The summed E-state index contributed by atoms with van der Waals surface area (Å²) >= 11 is 0. The molecule has 0 aliphatic rings. The first kappa shape index (κ1) is 14.7. The maximum absolute atomic E-state index is 11.0. The van der Waals surface area contributed by atoms with E-state index in [0.29, 0.717) is 31.8 Å². The summed E-state index contributed by atoms with van der Waals surface area (Å²) in [5.74, 6) is -0.328. The standard InChI is InChI=1S/C12H19NO3/c1-11(2)12(14)16-10-5-3-4-8-15-9-6-7-13/h1,3-6,8-10H2,2H3. The van der Waals surface area contributed by atoms with E-state index in [0.717, 1.165) is 19.3 Å². The van der Waals surface area contributed by atoms with Crippen molar-refractivity contribution in [3.63, 3.8) is 0 Å². The van der Waals surface area contributed by atoms with Gasteiger partial charge in [-0.3, -0.25) is 0 Å². The van der Waals surface area contributed by atoms with Crippen molar-refractivity contribution < 1.29 is 14.3 Å². The van der Waals surface area contributed by atoms with Gasteiger partial charge in [-0.1, -0.05) is 6.58 Å². The van der Waals surface area contributed by atoms with Gasteiger partial charge in [0.05, 0.1) is 25.7 Å². The molecule has 0 aromatic rings. The van der Waals surface area contributed by atoms with Gasteiger partial charge < -0.3 is 9.47 Å². The van der Waals surface area contributed by atoms with E-state index in [-0.39, 0.29) is 5.97 Å². The molecule has 0 atom stereocenters. The predicted molar refractivity (Wildman–Crippen MR) is 60.7 cm³/mol. The Kier molecular flexibility index (Phi) is 9.33. The van der Waals surface area contributed by atoms with E-state index < -0.39 is 0 Å². The van der Waals surface area contributed by atoms with E-state index in [1.807, 2.05) is 6.07 Å². The lowest BCUT2D eigenvalue weighted by Gasteiger charge is -2.04. The van der Waals surface area contributed by atoms with Gasteiger partial charge in [0, 0.05) is 12.2 Å². The third kappa shape index (κ3) is 9.22. The second kappa shape index (κ2) is 10.2. The molecule has 0 unspecified atom stereocenters. The molecule has 0 radical (unpaired) electrons. The molecule has 4 nitrogen and oxygen atoms in total. The van der Waals surface area contributed by atoms with Crippen LogP contribution in [0.1, 0.15) is 32.6 Å². The quantitative estimate of drug-likeness (QED) is 0.343. The minimum Gasteiger partial charge on any atom is -0.462 e. The average Bonchev–Trinajstić information content (AvgIpc) is 2.26. The average molecular weight is 225 g/mol. The highest BCUT2D eigenvalue weighted by molar-refractivity contribution is 5.86. The number of hydrogen-bond donors (Lipinski definition) is 0. The number of nitriles is 1. The third-order valence-corrected chi connectivity index (χ3v) is 1.87. The van der Waals surface area contributed by atoms with E-state index in [1.54, 1.807) is 6.92 Å². The second-order valence-corrected chi connectivity index (χ2v) is 3.50. The molecule has 0 saturated carbocycles. The largest absolute Gasteiger partial charge is 0.462 e. The highest BCUT2D eigenvalue weighted by atomic mass is 16.5. The first-order chi connectivity index (χ1) is 7.68. The van der Waals surface area contributed by atoms with Crippen molar-refractivity contribution in [3.05, 3.63) is 12.2 Å². The Morgan fingerprint density at radius 2 is 1.94 bits per heavy atom. The molecule has 0 aliphatic heterocycles. The first-order valence-corrected chi connectivity index (χ1v) is 5.45. The van der Waals surface area contributed by atoms with Crippen LogP contribution in [0.15, 0.2) is 12.2 Å². The Morgan fingerprint density at radius 1 is 1.25 bits per heavy atom. The van der Waals surface area contributed by atoms with Crippen LogP contribution in [0.2, 0.25) is 0 Å². The van der Waals surface area contributed by atoms with Crippen molar-refractivity contribution >= 4 is 5.97 Å². The molecule has 0 aromatic heterocycles. The van der Waals surface area contributed by atoms with Crippen molar-refractivity contribution in [3.8, 4) is 6.07 Å². The zero-order valence-corrected chi connectivity index (χ0v) is 9.83. The molecule has 90 valence electrons. The number of carbonyl (C=O) groups excluding carboxylic acids is 1. The highest BCUT2D eigenvalue weighted by Crippen LogP contribution is 1.99. The lowest BCUT2D eigenvalue weighted by atomic mass is 10.2. The van der Waals surface area contributed by atoms with Gasteiger partial charge in [0.25, 0.3) is 0 Å². The van der Waals surface area contributed by atoms with Gasteiger partial charge in [-0.25, -0.2) is 4.79 Å². The minimum atomic E-state index is -0.328. The smallest absolute Gasteiger partial charge is 0.333 e. The molecule has 0 rings (SSSR count). The fourth-order valence-electron chi connectivity index (χ4n) is 0.991. The van der Waals surface area contributed by atoms with Crippen molar-refractivity contribution in [1.29, 1.82) is 5.26 Å². The molecule has 0 heterocycles. The SMILES string of the molecule is C=C(C)C(=O)OCCCCCOCCC#N. The Bertz CT molecular complexity index is 255. The number of ether oxygens (including phenoxy) is 2. The summed E-state index contributed by atoms with van der Waals surface area (Å²) in [6.45, 7) is 6.72. The summed E-state index contributed by atoms with van der Waals surface area (Å²) in [5.41, 5.74) is 0.430. The van der Waals surface area contributed by atoms with Gasteiger partial charge in [-0.15, -0.1) is 0 Å². The van der Waals surface area contributed by atoms with Crippen LogP contribution in [0.4, 0.5) is 0 Å². The van der Waals surface area contributed by atoms with Crippen molar-refractivity contribution in [2.75, 3.05) is 19.8 Å². The van der Waals surface area contributed by atoms with Crippen LogP contribution in [0.5, 0.6) is 0 Å². The topological polar surface area (TPSA) is 59.3 Å². The maximum Gasteiger partial charge on any atom is 0.333 e. The summed E-state index contributed by atoms with van der Waals surface area (Å²) in [7, 11) is 0. The Labute approximate surface area is 96.8 Å². The fourth-order valence-corrected chi connectivity index (χ4v) is 0.991. The lowest BCUT2D eigenvalue weighted by molar-refractivity contribution is -0.139. The zero-order valence-electron chi connectivity index (χ0n) is 9.83. The van der Waals surface area contributed by atoms with Gasteiger partial charge in [0.15, 0.2) is 0 Å². The summed E-state index contributed by atoms with van der Waals surface area (Å²) in [6.07, 6.45) is 3.16. The number of nitrogens with zero attached hydrogens (tertiary/aromatic N) is 1. The molecule has 0 aliphatic carbocycles. The minimum absolute atomic E-state index is 0.328. The van der Waals surface area contributed by atoms with Gasteiger partial charge in [0.2, 0.25) is 0 Å². The Hall–Kier alpha value is -1.34. The molecule has 0 spiro atoms. The number of esters is 1. The van der Waals surface area contributed by atoms with E-state index in [4.69, 9.17) is 14.7 Å². The monoisotopic (exact) mass is 225 g/mol. The van der Waals surface area contributed by atoms with Crippen molar-refractivity contribution in [1.82, 2.24) is 0 Å². The Balaban J connectivity index is 3.13. The first-order valence-electron chi connectivity index (χ1n) is 5.45. The molecule has 0 bridgehead atoms.